The monoisotopic (exact) mass is 239 g/mol. The Morgan fingerprint density at radius 2 is 2.31 bits per heavy atom. The summed E-state index contributed by atoms with van der Waals surface area (Å²) in [5, 5.41) is 2.56. The molecule has 0 saturated heterocycles. The van der Waals surface area contributed by atoms with Crippen LogP contribution in [0.15, 0.2) is 29.3 Å². The van der Waals surface area contributed by atoms with E-state index >= 15 is 0 Å². The van der Waals surface area contributed by atoms with Crippen LogP contribution in [0.25, 0.3) is 0 Å². The van der Waals surface area contributed by atoms with E-state index in [1.807, 2.05) is 24.3 Å². The van der Waals surface area contributed by atoms with E-state index in [0.717, 1.165) is 5.56 Å². The van der Waals surface area contributed by atoms with Gasteiger partial charge < -0.3 is 11.1 Å². The predicted molar refractivity (Wildman–Crippen MR) is 66.2 cm³/mol. The number of hydrogen-bond donors (Lipinski definition) is 2. The number of carbonyl (C=O) groups excluding carboxylic acids is 1. The smallest absolute Gasteiger partial charge is 0.224 e. The SMILES string of the molecule is CNC(=O)Cc1cccc(N=C(N)CCl)c1. The first-order chi connectivity index (χ1) is 7.65. The molecule has 0 radical (unpaired) electrons. The molecule has 0 heterocycles. The number of alkyl halides is 1. The molecule has 0 aliphatic rings. The van der Waals surface area contributed by atoms with Crippen LogP contribution in [0, 0.1) is 0 Å². The summed E-state index contributed by atoms with van der Waals surface area (Å²) in [6, 6.07) is 7.32. The fourth-order valence-electron chi connectivity index (χ4n) is 1.21. The fourth-order valence-corrected chi connectivity index (χ4v) is 1.27. The lowest BCUT2D eigenvalue weighted by Crippen LogP contribution is -2.19. The Morgan fingerprint density at radius 3 is 2.94 bits per heavy atom. The number of amides is 1. The first kappa shape index (κ1) is 12.5. The van der Waals surface area contributed by atoms with Crippen LogP contribution < -0.4 is 11.1 Å². The first-order valence-electron chi connectivity index (χ1n) is 4.84. The van der Waals surface area contributed by atoms with E-state index in [1.54, 1.807) is 7.05 Å². The lowest BCUT2D eigenvalue weighted by atomic mass is 10.1. The maximum atomic E-state index is 11.2. The number of rotatable bonds is 4. The van der Waals surface area contributed by atoms with E-state index in [1.165, 1.54) is 0 Å². The van der Waals surface area contributed by atoms with Crippen LogP contribution in [0.1, 0.15) is 5.56 Å². The zero-order chi connectivity index (χ0) is 12.0. The van der Waals surface area contributed by atoms with Gasteiger partial charge in [-0.05, 0) is 17.7 Å². The number of amidine groups is 1. The van der Waals surface area contributed by atoms with Crippen LogP contribution in [0.4, 0.5) is 5.69 Å². The quantitative estimate of drug-likeness (QED) is 0.471. The molecule has 1 aromatic carbocycles. The summed E-state index contributed by atoms with van der Waals surface area (Å²) in [7, 11) is 1.61. The van der Waals surface area contributed by atoms with E-state index in [4.69, 9.17) is 17.3 Å². The van der Waals surface area contributed by atoms with Crippen molar-refractivity contribution >= 4 is 29.0 Å². The van der Waals surface area contributed by atoms with Gasteiger partial charge in [0.25, 0.3) is 0 Å². The van der Waals surface area contributed by atoms with Crippen molar-refractivity contribution in [2.75, 3.05) is 12.9 Å². The number of benzene rings is 1. The number of nitrogens with two attached hydrogens (primary N) is 1. The Balaban J connectivity index is 2.83. The molecule has 0 atom stereocenters. The maximum Gasteiger partial charge on any atom is 0.224 e. The number of hydrogen-bond acceptors (Lipinski definition) is 2. The van der Waals surface area contributed by atoms with Crippen molar-refractivity contribution < 1.29 is 4.79 Å². The van der Waals surface area contributed by atoms with Gasteiger partial charge in [0.2, 0.25) is 5.91 Å². The van der Waals surface area contributed by atoms with Crippen molar-refractivity contribution in [3.63, 3.8) is 0 Å². The van der Waals surface area contributed by atoms with Gasteiger partial charge in [0.15, 0.2) is 0 Å². The van der Waals surface area contributed by atoms with Gasteiger partial charge in [-0.15, -0.1) is 11.6 Å². The molecular formula is C11H14ClN3O. The highest BCUT2D eigenvalue weighted by atomic mass is 35.5. The average molecular weight is 240 g/mol. The molecule has 1 amide bonds. The normalized spacial score (nSPS) is 11.2. The van der Waals surface area contributed by atoms with Gasteiger partial charge in [-0.1, -0.05) is 12.1 Å². The molecule has 0 bridgehead atoms. The number of carbonyl (C=O) groups is 1. The number of halogens is 1. The Hall–Kier alpha value is -1.55. The highest BCUT2D eigenvalue weighted by molar-refractivity contribution is 6.28. The van der Waals surface area contributed by atoms with Crippen LogP contribution in [0.2, 0.25) is 0 Å². The number of nitrogens with zero attached hydrogens (tertiary/aromatic N) is 1. The number of likely N-dealkylation sites (N-methyl/N-ethyl adjacent to an activating group) is 1. The average Bonchev–Trinajstić information content (AvgIpc) is 2.29. The van der Waals surface area contributed by atoms with Crippen LogP contribution in [0.3, 0.4) is 0 Å². The van der Waals surface area contributed by atoms with Crippen molar-refractivity contribution in [3.8, 4) is 0 Å². The zero-order valence-electron chi connectivity index (χ0n) is 9.03. The van der Waals surface area contributed by atoms with Crippen molar-refractivity contribution in [1.82, 2.24) is 5.32 Å². The maximum absolute atomic E-state index is 11.2. The summed E-state index contributed by atoms with van der Waals surface area (Å²) < 4.78 is 0. The Kier molecular flexibility index (Phi) is 4.79. The third-order valence-corrected chi connectivity index (χ3v) is 2.24. The molecule has 0 aromatic heterocycles. The zero-order valence-corrected chi connectivity index (χ0v) is 9.79. The Labute approximate surface area is 99.5 Å². The van der Waals surface area contributed by atoms with Crippen LogP contribution >= 0.6 is 11.6 Å². The number of nitrogens with one attached hydrogen (secondary N) is 1. The molecular weight excluding hydrogens is 226 g/mol. The highest BCUT2D eigenvalue weighted by Gasteiger charge is 2.01. The van der Waals surface area contributed by atoms with Gasteiger partial charge in [0, 0.05) is 7.05 Å². The standard InChI is InChI=1S/C11H14ClN3O/c1-14-11(16)6-8-3-2-4-9(5-8)15-10(13)7-12/h2-5H,6-7H2,1H3,(H2,13,15)(H,14,16). The van der Waals surface area contributed by atoms with E-state index < -0.39 is 0 Å². The molecule has 5 heteroatoms. The fraction of sp³-hybridized carbons (Fsp3) is 0.273. The summed E-state index contributed by atoms with van der Waals surface area (Å²) in [5.74, 6) is 0.518. The molecule has 3 N–H and O–H groups in total. The first-order valence-corrected chi connectivity index (χ1v) is 5.37. The summed E-state index contributed by atoms with van der Waals surface area (Å²) in [5.41, 5.74) is 7.12. The van der Waals surface area contributed by atoms with Crippen molar-refractivity contribution in [1.29, 1.82) is 0 Å². The molecule has 0 fully saturated rings. The van der Waals surface area contributed by atoms with Gasteiger partial charge in [-0.2, -0.15) is 0 Å². The molecule has 0 spiro atoms. The van der Waals surface area contributed by atoms with Crippen molar-refractivity contribution in [2.45, 2.75) is 6.42 Å². The second-order valence-corrected chi connectivity index (χ2v) is 3.52. The predicted octanol–water partition coefficient (Wildman–Crippen LogP) is 1.20. The molecule has 16 heavy (non-hydrogen) atoms. The van der Waals surface area contributed by atoms with Gasteiger partial charge in [0.05, 0.1) is 18.0 Å². The third-order valence-electron chi connectivity index (χ3n) is 1.96. The summed E-state index contributed by atoms with van der Waals surface area (Å²) >= 11 is 5.53. The van der Waals surface area contributed by atoms with Crippen molar-refractivity contribution in [3.05, 3.63) is 29.8 Å². The largest absolute Gasteiger partial charge is 0.386 e. The van der Waals surface area contributed by atoms with Gasteiger partial charge in [-0.3, -0.25) is 4.79 Å². The summed E-state index contributed by atoms with van der Waals surface area (Å²) in [4.78, 5) is 15.3. The topological polar surface area (TPSA) is 67.5 Å². The molecule has 4 nitrogen and oxygen atoms in total. The highest BCUT2D eigenvalue weighted by Crippen LogP contribution is 2.14. The summed E-state index contributed by atoms with van der Waals surface area (Å²) in [6.45, 7) is 0. The minimum absolute atomic E-state index is 0.0357. The molecule has 0 aliphatic heterocycles. The van der Waals surface area contributed by atoms with E-state index in [2.05, 4.69) is 10.3 Å². The summed E-state index contributed by atoms with van der Waals surface area (Å²) in [6.07, 6.45) is 0.334. The second-order valence-electron chi connectivity index (χ2n) is 3.26. The second kappa shape index (κ2) is 6.12. The minimum atomic E-state index is -0.0357. The van der Waals surface area contributed by atoms with Gasteiger partial charge >= 0.3 is 0 Å². The van der Waals surface area contributed by atoms with Gasteiger partial charge in [-0.25, -0.2) is 4.99 Å². The molecule has 1 aromatic rings. The third kappa shape index (κ3) is 3.90. The molecule has 86 valence electrons. The van der Waals surface area contributed by atoms with Crippen LogP contribution in [-0.4, -0.2) is 24.7 Å². The Bertz CT molecular complexity index is 404. The van der Waals surface area contributed by atoms with Crippen LogP contribution in [-0.2, 0) is 11.2 Å². The van der Waals surface area contributed by atoms with E-state index in [-0.39, 0.29) is 11.8 Å². The molecule has 1 rings (SSSR count). The van der Waals surface area contributed by atoms with Gasteiger partial charge in [0.1, 0.15) is 5.84 Å². The molecule has 0 aliphatic carbocycles. The lowest BCUT2D eigenvalue weighted by Gasteiger charge is -2.02. The lowest BCUT2D eigenvalue weighted by molar-refractivity contribution is -0.119. The van der Waals surface area contributed by atoms with E-state index in [9.17, 15) is 4.79 Å². The van der Waals surface area contributed by atoms with Crippen LogP contribution in [0.5, 0.6) is 0 Å². The Morgan fingerprint density at radius 1 is 1.56 bits per heavy atom. The van der Waals surface area contributed by atoms with Crippen molar-refractivity contribution in [2.24, 2.45) is 10.7 Å². The number of aliphatic imine (C=N–C) groups is 1. The molecule has 0 unspecified atom stereocenters. The minimum Gasteiger partial charge on any atom is -0.386 e. The van der Waals surface area contributed by atoms with E-state index in [0.29, 0.717) is 17.9 Å². The molecule has 0 saturated carbocycles.